The van der Waals surface area contributed by atoms with Crippen LogP contribution in [0.2, 0.25) is 0 Å². The number of rotatable bonds is 10. The van der Waals surface area contributed by atoms with Crippen molar-refractivity contribution in [3.63, 3.8) is 0 Å². The van der Waals surface area contributed by atoms with Gasteiger partial charge in [0.1, 0.15) is 36.3 Å². The predicted octanol–water partition coefficient (Wildman–Crippen LogP) is 1.66. The van der Waals surface area contributed by atoms with Crippen LogP contribution in [-0.2, 0) is 25.7 Å². The van der Waals surface area contributed by atoms with Gasteiger partial charge in [0.15, 0.2) is 0 Å². The smallest absolute Gasteiger partial charge is 0.323 e. The van der Waals surface area contributed by atoms with Crippen LogP contribution >= 0.6 is 0 Å². The van der Waals surface area contributed by atoms with E-state index in [0.717, 1.165) is 19.4 Å². The van der Waals surface area contributed by atoms with Crippen molar-refractivity contribution in [3.05, 3.63) is 29.3 Å². The number of benzene rings is 1. The topological polar surface area (TPSA) is 119 Å². The van der Waals surface area contributed by atoms with Gasteiger partial charge in [0.2, 0.25) is 5.91 Å². The standard InChI is InChI=1S/C24H33N3O6/c1-24(2,3)33-23(31)19-8-5-11-26(19)12-14-32-20-10-4-7-16-17(20)15-27(22(16)30)18(21(25)29)9-6-13-28/h4,7,10,13,18-19H,5-6,8-9,11-12,14-15H2,1-3H3,(H2,25,29). The number of hydrogen-bond donors (Lipinski definition) is 1. The molecule has 0 radical (unpaired) electrons. The molecule has 1 saturated heterocycles. The molecule has 9 heteroatoms. The first-order valence-electron chi connectivity index (χ1n) is 11.4. The van der Waals surface area contributed by atoms with E-state index in [9.17, 15) is 19.2 Å². The lowest BCUT2D eigenvalue weighted by Gasteiger charge is -2.27. The fourth-order valence-electron chi connectivity index (χ4n) is 4.39. The molecule has 0 bridgehead atoms. The molecule has 2 atom stereocenters. The fourth-order valence-corrected chi connectivity index (χ4v) is 4.39. The molecular weight excluding hydrogens is 426 g/mol. The average molecular weight is 460 g/mol. The number of carbonyl (C=O) groups is 4. The van der Waals surface area contributed by atoms with Crippen LogP contribution in [0.3, 0.4) is 0 Å². The van der Waals surface area contributed by atoms with E-state index in [1.807, 2.05) is 20.8 Å². The molecule has 2 aliphatic heterocycles. The quantitative estimate of drug-likeness (QED) is 0.417. The van der Waals surface area contributed by atoms with Gasteiger partial charge in [0, 0.05) is 24.1 Å². The minimum Gasteiger partial charge on any atom is -0.492 e. The van der Waals surface area contributed by atoms with Crippen molar-refractivity contribution in [1.82, 2.24) is 9.80 Å². The number of hydrogen-bond acceptors (Lipinski definition) is 7. The van der Waals surface area contributed by atoms with Gasteiger partial charge >= 0.3 is 5.97 Å². The Morgan fingerprint density at radius 2 is 2.06 bits per heavy atom. The maximum absolute atomic E-state index is 12.9. The summed E-state index contributed by atoms with van der Waals surface area (Å²) in [5, 5.41) is 0. The van der Waals surface area contributed by atoms with E-state index in [1.54, 1.807) is 18.2 Å². The Bertz CT molecular complexity index is 910. The molecule has 2 heterocycles. The maximum Gasteiger partial charge on any atom is 0.323 e. The zero-order valence-electron chi connectivity index (χ0n) is 19.5. The van der Waals surface area contributed by atoms with E-state index >= 15 is 0 Å². The normalized spacial score (nSPS) is 19.3. The van der Waals surface area contributed by atoms with E-state index in [0.29, 0.717) is 36.3 Å². The van der Waals surface area contributed by atoms with Gasteiger partial charge in [-0.3, -0.25) is 19.3 Å². The molecule has 0 spiro atoms. The minimum absolute atomic E-state index is 0.145. The van der Waals surface area contributed by atoms with Crippen molar-refractivity contribution >= 4 is 24.1 Å². The van der Waals surface area contributed by atoms with Crippen molar-refractivity contribution in [2.75, 3.05) is 19.7 Å². The van der Waals surface area contributed by atoms with Gasteiger partial charge in [-0.15, -0.1) is 0 Å². The summed E-state index contributed by atoms with van der Waals surface area (Å²) in [5.74, 6) is -0.581. The molecular formula is C24H33N3O6. The van der Waals surface area contributed by atoms with Crippen molar-refractivity contribution in [2.24, 2.45) is 5.73 Å². The lowest BCUT2D eigenvalue weighted by atomic mass is 10.1. The second-order valence-electron chi connectivity index (χ2n) is 9.45. The summed E-state index contributed by atoms with van der Waals surface area (Å²) in [6.07, 6.45) is 2.72. The summed E-state index contributed by atoms with van der Waals surface area (Å²) in [5.41, 5.74) is 6.14. The van der Waals surface area contributed by atoms with Gasteiger partial charge < -0.3 is 24.9 Å². The van der Waals surface area contributed by atoms with Crippen molar-refractivity contribution in [3.8, 4) is 5.75 Å². The Morgan fingerprint density at radius 3 is 2.73 bits per heavy atom. The number of nitrogens with two attached hydrogens (primary N) is 1. The molecule has 2 unspecified atom stereocenters. The van der Waals surface area contributed by atoms with Gasteiger partial charge in [-0.05, 0) is 58.7 Å². The lowest BCUT2D eigenvalue weighted by molar-refractivity contribution is -0.160. The fraction of sp³-hybridized carbons (Fsp3) is 0.583. The molecule has 0 aromatic heterocycles. The number of fused-ring (bicyclic) bond motifs is 1. The molecule has 1 aromatic carbocycles. The number of likely N-dealkylation sites (tertiary alicyclic amines) is 1. The summed E-state index contributed by atoms with van der Waals surface area (Å²) in [4.78, 5) is 51.5. The first-order chi connectivity index (χ1) is 15.6. The zero-order chi connectivity index (χ0) is 24.2. The minimum atomic E-state index is -0.845. The summed E-state index contributed by atoms with van der Waals surface area (Å²) >= 11 is 0. The Kier molecular flexibility index (Phi) is 7.73. The SMILES string of the molecule is CC(C)(C)OC(=O)C1CCCN1CCOc1cccc2c1CN(C(CCC=O)C(N)=O)C2=O. The molecule has 0 aliphatic carbocycles. The van der Waals surface area contributed by atoms with E-state index in [-0.39, 0.29) is 37.3 Å². The van der Waals surface area contributed by atoms with Crippen LogP contribution in [0.1, 0.15) is 62.4 Å². The third-order valence-electron chi connectivity index (χ3n) is 5.89. The molecule has 9 nitrogen and oxygen atoms in total. The van der Waals surface area contributed by atoms with Gasteiger partial charge in [-0.25, -0.2) is 0 Å². The Labute approximate surface area is 194 Å². The van der Waals surface area contributed by atoms with Gasteiger partial charge in [-0.1, -0.05) is 6.07 Å². The number of aldehydes is 1. The third kappa shape index (κ3) is 5.90. The van der Waals surface area contributed by atoms with E-state index in [1.165, 1.54) is 4.90 Å². The number of nitrogens with zero attached hydrogens (tertiary/aromatic N) is 2. The van der Waals surface area contributed by atoms with Gasteiger partial charge in [0.25, 0.3) is 5.91 Å². The summed E-state index contributed by atoms with van der Waals surface area (Å²) < 4.78 is 11.6. The molecule has 0 saturated carbocycles. The largest absolute Gasteiger partial charge is 0.492 e. The van der Waals surface area contributed by atoms with Crippen LogP contribution in [0.15, 0.2) is 18.2 Å². The molecule has 2 aliphatic rings. The van der Waals surface area contributed by atoms with Crippen LogP contribution in [-0.4, -0.2) is 71.3 Å². The summed E-state index contributed by atoms with van der Waals surface area (Å²) in [6.45, 7) is 7.45. The molecule has 1 aromatic rings. The first-order valence-corrected chi connectivity index (χ1v) is 11.4. The molecule has 33 heavy (non-hydrogen) atoms. The lowest BCUT2D eigenvalue weighted by Crippen LogP contribution is -2.44. The maximum atomic E-state index is 12.9. The van der Waals surface area contributed by atoms with Crippen molar-refractivity contribution in [1.29, 1.82) is 0 Å². The Morgan fingerprint density at radius 1 is 1.30 bits per heavy atom. The monoisotopic (exact) mass is 459 g/mol. The average Bonchev–Trinajstić information content (AvgIpc) is 3.33. The van der Waals surface area contributed by atoms with Crippen molar-refractivity contribution < 1.29 is 28.7 Å². The van der Waals surface area contributed by atoms with Crippen molar-refractivity contribution in [2.45, 2.75) is 70.7 Å². The highest BCUT2D eigenvalue weighted by molar-refractivity contribution is 6.01. The summed E-state index contributed by atoms with van der Waals surface area (Å²) in [6, 6.07) is 4.10. The van der Waals surface area contributed by atoms with Gasteiger partial charge in [-0.2, -0.15) is 0 Å². The van der Waals surface area contributed by atoms with Crippen LogP contribution in [0.4, 0.5) is 0 Å². The Hall–Kier alpha value is -2.94. The number of carbonyl (C=O) groups excluding carboxylic acids is 4. The summed E-state index contributed by atoms with van der Waals surface area (Å²) in [7, 11) is 0. The number of amides is 2. The van der Waals surface area contributed by atoms with Gasteiger partial charge in [0.05, 0.1) is 6.54 Å². The molecule has 180 valence electrons. The first kappa shape index (κ1) is 24.7. The zero-order valence-corrected chi connectivity index (χ0v) is 19.5. The highest BCUT2D eigenvalue weighted by Crippen LogP contribution is 2.33. The van der Waals surface area contributed by atoms with Crippen LogP contribution in [0.25, 0.3) is 0 Å². The van der Waals surface area contributed by atoms with Crippen LogP contribution in [0, 0.1) is 0 Å². The second-order valence-corrected chi connectivity index (χ2v) is 9.45. The second kappa shape index (κ2) is 10.3. The van der Waals surface area contributed by atoms with E-state index < -0.39 is 17.6 Å². The molecule has 2 amide bonds. The highest BCUT2D eigenvalue weighted by Gasteiger charge is 2.37. The van der Waals surface area contributed by atoms with E-state index in [2.05, 4.69) is 4.90 Å². The van der Waals surface area contributed by atoms with Crippen LogP contribution < -0.4 is 10.5 Å². The molecule has 2 N–H and O–H groups in total. The molecule has 3 rings (SSSR count). The third-order valence-corrected chi connectivity index (χ3v) is 5.89. The van der Waals surface area contributed by atoms with E-state index in [4.69, 9.17) is 15.2 Å². The number of esters is 1. The molecule has 1 fully saturated rings. The highest BCUT2D eigenvalue weighted by atomic mass is 16.6. The number of primary amides is 1. The van der Waals surface area contributed by atoms with Crippen LogP contribution in [0.5, 0.6) is 5.75 Å². The Balaban J connectivity index is 1.63. The predicted molar refractivity (Wildman–Crippen MR) is 121 cm³/mol. The number of ether oxygens (including phenoxy) is 2.